The van der Waals surface area contributed by atoms with Gasteiger partial charge in [-0.15, -0.1) is 0 Å². The van der Waals surface area contributed by atoms with E-state index in [1.54, 1.807) is 0 Å². The second kappa shape index (κ2) is 7.87. The number of hydrogen-bond donors (Lipinski definition) is 1. The number of anilines is 1. The van der Waals surface area contributed by atoms with Gasteiger partial charge in [0.05, 0.1) is 18.1 Å². The number of pyridine rings is 1. The van der Waals surface area contributed by atoms with E-state index >= 15 is 0 Å². The Morgan fingerprint density at radius 3 is 2.92 bits per heavy atom. The van der Waals surface area contributed by atoms with Crippen LogP contribution >= 0.6 is 0 Å². The van der Waals surface area contributed by atoms with Crippen molar-refractivity contribution in [3.63, 3.8) is 0 Å². The van der Waals surface area contributed by atoms with Crippen LogP contribution in [-0.4, -0.2) is 37.3 Å². The molecule has 0 aliphatic carbocycles. The summed E-state index contributed by atoms with van der Waals surface area (Å²) in [5, 5.41) is 3.47. The van der Waals surface area contributed by atoms with Crippen molar-refractivity contribution in [2.45, 2.75) is 31.7 Å². The molecule has 3 heterocycles. The van der Waals surface area contributed by atoms with Gasteiger partial charge >= 0.3 is 0 Å². The molecule has 2 aromatic rings. The van der Waals surface area contributed by atoms with Crippen LogP contribution in [0.3, 0.4) is 0 Å². The van der Waals surface area contributed by atoms with Crippen LogP contribution in [0.2, 0.25) is 0 Å². The molecule has 4 heteroatoms. The third-order valence-corrected chi connectivity index (χ3v) is 5.33. The van der Waals surface area contributed by atoms with E-state index in [9.17, 15) is 0 Å². The predicted molar refractivity (Wildman–Crippen MR) is 101 cm³/mol. The zero-order valence-electron chi connectivity index (χ0n) is 14.7. The lowest BCUT2D eigenvalue weighted by Gasteiger charge is -2.19. The summed E-state index contributed by atoms with van der Waals surface area (Å²) in [5.41, 5.74) is 2.63. The molecule has 132 valence electrons. The zero-order chi connectivity index (χ0) is 16.9. The van der Waals surface area contributed by atoms with E-state index in [0.717, 1.165) is 44.3 Å². The number of rotatable bonds is 6. The Morgan fingerprint density at radius 2 is 2.08 bits per heavy atom. The van der Waals surface area contributed by atoms with Gasteiger partial charge in [-0.1, -0.05) is 30.3 Å². The molecule has 0 radical (unpaired) electrons. The Labute approximate surface area is 150 Å². The molecule has 1 N–H and O–H groups in total. The van der Waals surface area contributed by atoms with E-state index in [2.05, 4.69) is 51.6 Å². The van der Waals surface area contributed by atoms with Crippen LogP contribution in [0, 0.1) is 5.92 Å². The summed E-state index contributed by atoms with van der Waals surface area (Å²) < 4.78 is 5.96. The second-order valence-corrected chi connectivity index (χ2v) is 7.27. The molecule has 0 saturated carbocycles. The van der Waals surface area contributed by atoms with Crippen LogP contribution in [0.15, 0.2) is 48.8 Å². The van der Waals surface area contributed by atoms with Gasteiger partial charge in [0.15, 0.2) is 0 Å². The van der Waals surface area contributed by atoms with Crippen molar-refractivity contribution in [2.24, 2.45) is 5.92 Å². The molecule has 2 saturated heterocycles. The summed E-state index contributed by atoms with van der Waals surface area (Å²) >= 11 is 0. The van der Waals surface area contributed by atoms with E-state index in [0.29, 0.717) is 6.04 Å². The van der Waals surface area contributed by atoms with Crippen molar-refractivity contribution in [1.29, 1.82) is 0 Å². The number of nitrogens with one attached hydrogen (secondary N) is 1. The maximum absolute atomic E-state index is 5.96. The van der Waals surface area contributed by atoms with Gasteiger partial charge in [-0.25, -0.2) is 0 Å². The van der Waals surface area contributed by atoms with Crippen molar-refractivity contribution in [3.05, 3.63) is 54.4 Å². The molecule has 2 aliphatic heterocycles. The zero-order valence-corrected chi connectivity index (χ0v) is 14.7. The van der Waals surface area contributed by atoms with E-state index in [4.69, 9.17) is 4.74 Å². The van der Waals surface area contributed by atoms with Crippen LogP contribution in [0.25, 0.3) is 0 Å². The highest BCUT2D eigenvalue weighted by Gasteiger charge is 2.23. The van der Waals surface area contributed by atoms with E-state index in [-0.39, 0.29) is 0 Å². The molecule has 2 atom stereocenters. The molecule has 4 rings (SSSR count). The predicted octanol–water partition coefficient (Wildman–Crippen LogP) is 3.28. The van der Waals surface area contributed by atoms with Crippen molar-refractivity contribution >= 4 is 5.69 Å². The molecule has 0 amide bonds. The number of benzene rings is 1. The van der Waals surface area contributed by atoms with E-state index in [1.165, 1.54) is 30.5 Å². The van der Waals surface area contributed by atoms with Crippen LogP contribution in [0.5, 0.6) is 5.75 Å². The fourth-order valence-electron chi connectivity index (χ4n) is 3.94. The smallest absolute Gasteiger partial charge is 0.139 e. The van der Waals surface area contributed by atoms with Crippen molar-refractivity contribution < 1.29 is 4.74 Å². The van der Waals surface area contributed by atoms with Gasteiger partial charge in [0.2, 0.25) is 0 Å². The topological polar surface area (TPSA) is 37.4 Å². The van der Waals surface area contributed by atoms with Gasteiger partial charge in [0.1, 0.15) is 12.4 Å². The third kappa shape index (κ3) is 4.31. The Balaban J connectivity index is 1.33. The summed E-state index contributed by atoms with van der Waals surface area (Å²) in [4.78, 5) is 6.84. The summed E-state index contributed by atoms with van der Waals surface area (Å²) in [6.45, 7) is 4.06. The third-order valence-electron chi connectivity index (χ3n) is 5.33. The minimum Gasteiger partial charge on any atom is -0.490 e. The fourth-order valence-corrected chi connectivity index (χ4v) is 3.94. The monoisotopic (exact) mass is 337 g/mol. The van der Waals surface area contributed by atoms with Gasteiger partial charge in [-0.3, -0.25) is 4.98 Å². The van der Waals surface area contributed by atoms with Crippen molar-refractivity contribution in [3.8, 4) is 5.75 Å². The quantitative estimate of drug-likeness (QED) is 0.878. The number of aromatic nitrogens is 1. The normalized spacial score (nSPS) is 23.1. The van der Waals surface area contributed by atoms with Gasteiger partial charge in [-0.05, 0) is 43.7 Å². The molecule has 0 bridgehead atoms. The van der Waals surface area contributed by atoms with Gasteiger partial charge in [0, 0.05) is 25.2 Å². The summed E-state index contributed by atoms with van der Waals surface area (Å²) in [7, 11) is 0. The SMILES string of the molecule is c1ccc(CC2CCN(c3cncc(OCC4CCCN4)c3)C2)cc1. The molecule has 2 unspecified atom stereocenters. The Kier molecular flexibility index (Phi) is 5.17. The molecule has 1 aromatic heterocycles. The Hall–Kier alpha value is -2.07. The average Bonchev–Trinajstić information content (AvgIpc) is 3.33. The minimum atomic E-state index is 0.491. The van der Waals surface area contributed by atoms with Crippen LogP contribution < -0.4 is 15.0 Å². The molecule has 1 aromatic carbocycles. The lowest BCUT2D eigenvalue weighted by Crippen LogP contribution is -2.28. The number of hydrogen-bond acceptors (Lipinski definition) is 4. The van der Waals surface area contributed by atoms with E-state index in [1.807, 2.05) is 12.4 Å². The maximum atomic E-state index is 5.96. The molecular formula is C21H27N3O. The highest BCUT2D eigenvalue weighted by Crippen LogP contribution is 2.28. The lowest BCUT2D eigenvalue weighted by molar-refractivity contribution is 0.276. The first-order valence-electron chi connectivity index (χ1n) is 9.47. The van der Waals surface area contributed by atoms with E-state index < -0.39 is 0 Å². The molecule has 4 nitrogen and oxygen atoms in total. The molecule has 2 aliphatic rings. The highest BCUT2D eigenvalue weighted by molar-refractivity contribution is 5.49. The number of nitrogens with zero attached hydrogens (tertiary/aromatic N) is 2. The molecule has 2 fully saturated rings. The molecule has 25 heavy (non-hydrogen) atoms. The van der Waals surface area contributed by atoms with Crippen molar-refractivity contribution in [2.75, 3.05) is 31.1 Å². The summed E-state index contributed by atoms with van der Waals surface area (Å²) in [6.07, 6.45) is 8.66. The maximum Gasteiger partial charge on any atom is 0.139 e. The lowest BCUT2D eigenvalue weighted by atomic mass is 9.99. The molecule has 0 spiro atoms. The highest BCUT2D eigenvalue weighted by atomic mass is 16.5. The first kappa shape index (κ1) is 16.4. The summed E-state index contributed by atoms with van der Waals surface area (Å²) in [6, 6.07) is 13.4. The average molecular weight is 337 g/mol. The Morgan fingerprint density at radius 1 is 1.16 bits per heavy atom. The first-order valence-corrected chi connectivity index (χ1v) is 9.47. The van der Waals surface area contributed by atoms with Gasteiger partial charge in [0.25, 0.3) is 0 Å². The van der Waals surface area contributed by atoms with Gasteiger partial charge in [-0.2, -0.15) is 0 Å². The number of ether oxygens (including phenoxy) is 1. The summed E-state index contributed by atoms with van der Waals surface area (Å²) in [5.74, 6) is 1.60. The Bertz CT molecular complexity index is 670. The largest absolute Gasteiger partial charge is 0.490 e. The van der Waals surface area contributed by atoms with Crippen LogP contribution in [0.1, 0.15) is 24.8 Å². The standard InChI is InChI=1S/C21H27N3O/c1-2-5-17(6-3-1)11-18-8-10-24(15-18)20-12-21(14-22-13-20)25-16-19-7-4-9-23-19/h1-3,5-6,12-14,18-19,23H,4,7-11,15-16H2. The second-order valence-electron chi connectivity index (χ2n) is 7.27. The van der Waals surface area contributed by atoms with Gasteiger partial charge < -0.3 is 15.0 Å². The fraction of sp³-hybridized carbons (Fsp3) is 0.476. The molecular weight excluding hydrogens is 310 g/mol. The van der Waals surface area contributed by atoms with Crippen LogP contribution in [-0.2, 0) is 6.42 Å². The minimum absolute atomic E-state index is 0.491. The first-order chi connectivity index (χ1) is 12.4. The van der Waals surface area contributed by atoms with Crippen molar-refractivity contribution in [1.82, 2.24) is 10.3 Å². The van der Waals surface area contributed by atoms with Crippen LogP contribution in [0.4, 0.5) is 5.69 Å².